The van der Waals surface area contributed by atoms with Crippen LogP contribution < -0.4 is 10.1 Å². The summed E-state index contributed by atoms with van der Waals surface area (Å²) < 4.78 is 6.16. The predicted molar refractivity (Wildman–Crippen MR) is 98.7 cm³/mol. The fourth-order valence-corrected chi connectivity index (χ4v) is 4.30. The minimum Gasteiger partial charge on any atom is -0.484 e. The van der Waals surface area contributed by atoms with E-state index in [1.165, 1.54) is 0 Å². The number of urea groups is 1. The topological polar surface area (TPSA) is 71.5 Å². The van der Waals surface area contributed by atoms with E-state index in [0.717, 1.165) is 17.1 Å². The highest BCUT2D eigenvalue weighted by atomic mass is 32.1. The van der Waals surface area contributed by atoms with Gasteiger partial charge in [0.2, 0.25) is 0 Å². The number of hydrogen-bond acceptors (Lipinski definition) is 5. The van der Waals surface area contributed by atoms with Crippen molar-refractivity contribution in [2.45, 2.75) is 38.3 Å². The second-order valence-electron chi connectivity index (χ2n) is 6.80. The van der Waals surface area contributed by atoms with Gasteiger partial charge in [0.05, 0.1) is 35.8 Å². The molecule has 1 saturated heterocycles. The lowest BCUT2D eigenvalue weighted by Crippen LogP contribution is -2.47. The van der Waals surface area contributed by atoms with E-state index in [9.17, 15) is 9.59 Å². The predicted octanol–water partition coefficient (Wildman–Crippen LogP) is 3.03. The number of para-hydroxylation sites is 1. The first-order valence-electron chi connectivity index (χ1n) is 8.86. The zero-order chi connectivity index (χ0) is 18.1. The molecule has 3 heterocycles. The summed E-state index contributed by atoms with van der Waals surface area (Å²) in [6.45, 7) is 3.49. The summed E-state index contributed by atoms with van der Waals surface area (Å²) in [5.74, 6) is 0.712. The third-order valence-corrected chi connectivity index (χ3v) is 5.96. The fraction of sp³-hybridized carbons (Fsp3) is 0.421. The molecule has 1 spiro atoms. The minimum atomic E-state index is -0.598. The molecule has 0 radical (unpaired) electrons. The van der Waals surface area contributed by atoms with Gasteiger partial charge in [-0.2, -0.15) is 0 Å². The molecule has 2 aliphatic heterocycles. The number of likely N-dealkylation sites (tertiary alicyclic amines) is 1. The van der Waals surface area contributed by atoms with Crippen molar-refractivity contribution in [3.63, 3.8) is 0 Å². The molecule has 136 valence electrons. The molecule has 26 heavy (non-hydrogen) atoms. The molecule has 1 atom stereocenters. The maximum Gasteiger partial charge on any atom is 0.317 e. The number of thiazole rings is 1. The zero-order valence-electron chi connectivity index (χ0n) is 14.7. The van der Waals surface area contributed by atoms with Crippen LogP contribution in [-0.2, 0) is 13.0 Å². The van der Waals surface area contributed by atoms with Crippen LogP contribution in [-0.4, -0.2) is 40.4 Å². The highest BCUT2D eigenvalue weighted by Crippen LogP contribution is 2.38. The van der Waals surface area contributed by atoms with Crippen molar-refractivity contribution in [3.8, 4) is 5.75 Å². The van der Waals surface area contributed by atoms with Crippen LogP contribution in [0.25, 0.3) is 0 Å². The van der Waals surface area contributed by atoms with Gasteiger partial charge in [0.15, 0.2) is 5.78 Å². The van der Waals surface area contributed by atoms with E-state index in [2.05, 4.69) is 17.2 Å². The second-order valence-corrected chi connectivity index (χ2v) is 7.74. The van der Waals surface area contributed by atoms with Crippen LogP contribution in [0.4, 0.5) is 4.79 Å². The van der Waals surface area contributed by atoms with Gasteiger partial charge < -0.3 is 15.0 Å². The SMILES string of the molecule is CCc1nc(CNC(=O)N2CCC3(CC(=O)c4ccccc4O3)C2)cs1. The van der Waals surface area contributed by atoms with E-state index < -0.39 is 5.60 Å². The Hall–Kier alpha value is -2.41. The molecular weight excluding hydrogens is 350 g/mol. The maximum absolute atomic E-state index is 12.5. The third kappa shape index (κ3) is 3.19. The van der Waals surface area contributed by atoms with Crippen molar-refractivity contribution in [3.05, 3.63) is 45.9 Å². The number of aromatic nitrogens is 1. The highest BCUT2D eigenvalue weighted by molar-refractivity contribution is 7.09. The largest absolute Gasteiger partial charge is 0.484 e. The second kappa shape index (κ2) is 6.72. The minimum absolute atomic E-state index is 0.0867. The Bertz CT molecular complexity index is 850. The summed E-state index contributed by atoms with van der Waals surface area (Å²) >= 11 is 1.61. The number of rotatable bonds is 3. The van der Waals surface area contributed by atoms with E-state index in [-0.39, 0.29) is 11.8 Å². The van der Waals surface area contributed by atoms with Gasteiger partial charge >= 0.3 is 6.03 Å². The van der Waals surface area contributed by atoms with E-state index in [0.29, 0.717) is 43.8 Å². The molecule has 1 aromatic carbocycles. The van der Waals surface area contributed by atoms with Crippen molar-refractivity contribution in [1.29, 1.82) is 0 Å². The quantitative estimate of drug-likeness (QED) is 0.900. The van der Waals surface area contributed by atoms with Gasteiger partial charge in [-0.1, -0.05) is 19.1 Å². The third-order valence-electron chi connectivity index (χ3n) is 4.92. The summed E-state index contributed by atoms with van der Waals surface area (Å²) in [5.41, 5.74) is 0.919. The molecule has 2 aliphatic rings. The molecule has 1 unspecified atom stereocenters. The molecule has 6 nitrogen and oxygen atoms in total. The van der Waals surface area contributed by atoms with Crippen molar-refractivity contribution in [1.82, 2.24) is 15.2 Å². The van der Waals surface area contributed by atoms with Gasteiger partial charge in [0.25, 0.3) is 0 Å². The molecule has 4 rings (SSSR count). The van der Waals surface area contributed by atoms with E-state index >= 15 is 0 Å². The Kier molecular flexibility index (Phi) is 4.40. The number of benzene rings is 1. The first-order valence-corrected chi connectivity index (χ1v) is 9.74. The number of ketones is 1. The molecule has 7 heteroatoms. The Balaban J connectivity index is 1.39. The van der Waals surface area contributed by atoms with Crippen LogP contribution in [0, 0.1) is 0 Å². The van der Waals surface area contributed by atoms with Crippen LogP contribution in [0.15, 0.2) is 29.6 Å². The monoisotopic (exact) mass is 371 g/mol. The Morgan fingerprint density at radius 3 is 3.08 bits per heavy atom. The Morgan fingerprint density at radius 2 is 2.27 bits per heavy atom. The fourth-order valence-electron chi connectivity index (χ4n) is 3.56. The van der Waals surface area contributed by atoms with Crippen LogP contribution in [0.1, 0.15) is 40.8 Å². The van der Waals surface area contributed by atoms with Crippen molar-refractivity contribution < 1.29 is 14.3 Å². The van der Waals surface area contributed by atoms with Crippen LogP contribution in [0.5, 0.6) is 5.75 Å². The van der Waals surface area contributed by atoms with Crippen LogP contribution >= 0.6 is 11.3 Å². The Labute approximate surface area is 156 Å². The molecular formula is C19H21N3O3S. The number of carbonyl (C=O) groups is 2. The number of carbonyl (C=O) groups excluding carboxylic acids is 2. The lowest BCUT2D eigenvalue weighted by Gasteiger charge is -2.34. The Morgan fingerprint density at radius 1 is 1.42 bits per heavy atom. The highest BCUT2D eigenvalue weighted by Gasteiger charge is 2.46. The molecule has 1 fully saturated rings. The first kappa shape index (κ1) is 17.0. The standard InChI is InChI=1S/C19H21N3O3S/c1-2-17-21-13(11-26-17)10-20-18(24)22-8-7-19(12-22)9-15(23)14-5-3-4-6-16(14)25-19/h3-6,11H,2,7-10,12H2,1H3,(H,20,24). The summed E-state index contributed by atoms with van der Waals surface area (Å²) in [6.07, 6.45) is 1.89. The molecule has 0 bridgehead atoms. The molecule has 0 saturated carbocycles. The molecule has 1 aromatic heterocycles. The number of aryl methyl sites for hydroxylation is 1. The van der Waals surface area contributed by atoms with Gasteiger partial charge in [0, 0.05) is 18.3 Å². The van der Waals surface area contributed by atoms with Gasteiger partial charge in [-0.15, -0.1) is 11.3 Å². The van der Waals surface area contributed by atoms with Crippen molar-refractivity contribution in [2.24, 2.45) is 0 Å². The van der Waals surface area contributed by atoms with Crippen LogP contribution in [0.2, 0.25) is 0 Å². The number of nitrogens with zero attached hydrogens (tertiary/aromatic N) is 2. The van der Waals surface area contributed by atoms with Gasteiger partial charge in [0.1, 0.15) is 11.4 Å². The van der Waals surface area contributed by atoms with Gasteiger partial charge in [-0.25, -0.2) is 9.78 Å². The molecule has 2 amide bonds. The number of ether oxygens (including phenoxy) is 1. The normalized spacial score (nSPS) is 21.6. The molecule has 2 aromatic rings. The van der Waals surface area contributed by atoms with Crippen LogP contribution in [0.3, 0.4) is 0 Å². The number of Topliss-reactive ketones (excluding diaryl/α,β-unsaturated/α-hetero) is 1. The lowest BCUT2D eigenvalue weighted by molar-refractivity contribution is 0.0478. The van der Waals surface area contributed by atoms with E-state index in [1.807, 2.05) is 23.6 Å². The number of nitrogens with one attached hydrogen (secondary N) is 1. The molecule has 0 aliphatic carbocycles. The average molecular weight is 371 g/mol. The number of fused-ring (bicyclic) bond motifs is 1. The number of hydrogen-bond donors (Lipinski definition) is 1. The number of amides is 2. The smallest absolute Gasteiger partial charge is 0.317 e. The maximum atomic E-state index is 12.5. The van der Waals surface area contributed by atoms with Crippen molar-refractivity contribution >= 4 is 23.2 Å². The van der Waals surface area contributed by atoms with E-state index in [4.69, 9.17) is 4.74 Å². The van der Waals surface area contributed by atoms with Gasteiger partial charge in [-0.05, 0) is 18.6 Å². The average Bonchev–Trinajstić information content (AvgIpc) is 3.27. The summed E-state index contributed by atoms with van der Waals surface area (Å²) in [5, 5.41) is 5.97. The summed E-state index contributed by atoms with van der Waals surface area (Å²) in [7, 11) is 0. The van der Waals surface area contributed by atoms with E-state index in [1.54, 1.807) is 22.3 Å². The summed E-state index contributed by atoms with van der Waals surface area (Å²) in [4.78, 5) is 31.1. The zero-order valence-corrected chi connectivity index (χ0v) is 15.5. The van der Waals surface area contributed by atoms with Gasteiger partial charge in [-0.3, -0.25) is 4.79 Å². The summed E-state index contributed by atoms with van der Waals surface area (Å²) in [6, 6.07) is 7.19. The lowest BCUT2D eigenvalue weighted by atomic mass is 9.89. The first-order chi connectivity index (χ1) is 12.6. The molecule has 1 N–H and O–H groups in total. The van der Waals surface area contributed by atoms with Crippen molar-refractivity contribution in [2.75, 3.05) is 13.1 Å².